The Morgan fingerprint density at radius 3 is 2.11 bits per heavy atom. The summed E-state index contributed by atoms with van der Waals surface area (Å²) in [6.45, 7) is 1.07. The minimum Gasteiger partial charge on any atom is -0.326 e. The molecular weight excluding hydrogens is 706 g/mol. The van der Waals surface area contributed by atoms with E-state index in [9.17, 15) is 36.3 Å². The molecule has 0 aliphatic heterocycles. The number of carbonyl (C=O) groups is 3. The minimum atomic E-state index is -5.00. The topological polar surface area (TPSA) is 87.3 Å². The molecule has 0 unspecified atom stereocenters. The molecule has 234 valence electrons. The highest BCUT2D eigenvalue weighted by molar-refractivity contribution is 6.58. The van der Waals surface area contributed by atoms with Gasteiger partial charge in [0.2, 0.25) is 5.91 Å². The molecule has 3 aromatic rings. The molecule has 0 aromatic heterocycles. The van der Waals surface area contributed by atoms with Crippen LogP contribution in [0.2, 0.25) is 5.02 Å². The van der Waals surface area contributed by atoms with E-state index in [0.717, 1.165) is 31.2 Å². The quantitative estimate of drug-likeness (QED) is 0.169. The second-order valence-corrected chi connectivity index (χ2v) is 13.2. The van der Waals surface area contributed by atoms with E-state index in [0.29, 0.717) is 12.1 Å². The van der Waals surface area contributed by atoms with Gasteiger partial charge in [0.05, 0.1) is 27.8 Å². The summed E-state index contributed by atoms with van der Waals surface area (Å²) in [6.07, 6.45) is -5.00. The predicted molar refractivity (Wildman–Crippen MR) is 155 cm³/mol. The monoisotopic (exact) mass is 719 g/mol. The van der Waals surface area contributed by atoms with Gasteiger partial charge in [-0.05, 0) is 55.0 Å². The molecule has 1 saturated carbocycles. The van der Waals surface area contributed by atoms with Gasteiger partial charge in [-0.15, -0.1) is 23.2 Å². The maximum absolute atomic E-state index is 15.0. The molecule has 6 nitrogen and oxygen atoms in total. The van der Waals surface area contributed by atoms with Gasteiger partial charge in [0.1, 0.15) is 21.7 Å². The summed E-state index contributed by atoms with van der Waals surface area (Å²) in [5.74, 6) is -9.50. The molecule has 44 heavy (non-hydrogen) atoms. The van der Waals surface area contributed by atoms with Crippen LogP contribution in [0.15, 0.2) is 48.5 Å². The van der Waals surface area contributed by atoms with Crippen molar-refractivity contribution in [1.29, 1.82) is 0 Å². The molecule has 2 atom stereocenters. The van der Waals surface area contributed by atoms with Crippen molar-refractivity contribution in [3.63, 3.8) is 0 Å². The van der Waals surface area contributed by atoms with Crippen molar-refractivity contribution < 1.29 is 40.7 Å². The highest BCUT2D eigenvalue weighted by Gasteiger charge is 2.67. The summed E-state index contributed by atoms with van der Waals surface area (Å²) in [5.41, 5.74) is -3.53. The number of alkyl halides is 7. The van der Waals surface area contributed by atoms with Crippen molar-refractivity contribution in [3.05, 3.63) is 87.7 Å². The molecule has 0 bridgehead atoms. The summed E-state index contributed by atoms with van der Waals surface area (Å²) in [6, 6.07) is 7.33. The molecule has 3 N–H and O–H groups in total. The standard InChI is InChI=1S/C27H16Cl5F6N3O3/c1-25(29,30)24(44)41-21-16(34)6-7-17(20(21)35)40-22(42)12-9-11(3-4-14(12)28)39-23(43)19-18(26(19,31)32)10-2-5-15(33)13(8-10)27(36,37)38/h2-9,18-19H,1H3,(H,39,43)(H,40,42)(H,41,44)/t18-,19+/m0/s1. The van der Waals surface area contributed by atoms with E-state index in [-0.39, 0.29) is 21.8 Å². The third-order valence-electron chi connectivity index (χ3n) is 6.45. The molecule has 3 amide bonds. The number of halogens is 11. The van der Waals surface area contributed by atoms with E-state index in [1.165, 1.54) is 12.1 Å². The van der Waals surface area contributed by atoms with Crippen LogP contribution in [0.4, 0.5) is 43.4 Å². The summed E-state index contributed by atoms with van der Waals surface area (Å²) in [4.78, 5) is 38.0. The lowest BCUT2D eigenvalue weighted by molar-refractivity contribution is -0.140. The Bertz CT molecular complexity index is 1680. The van der Waals surface area contributed by atoms with Crippen LogP contribution in [0, 0.1) is 23.4 Å². The number of rotatable bonds is 7. The van der Waals surface area contributed by atoms with Crippen LogP contribution in [0.25, 0.3) is 0 Å². The van der Waals surface area contributed by atoms with Gasteiger partial charge < -0.3 is 16.0 Å². The first-order chi connectivity index (χ1) is 20.2. The molecule has 0 radical (unpaired) electrons. The maximum Gasteiger partial charge on any atom is 0.419 e. The van der Waals surface area contributed by atoms with Crippen molar-refractivity contribution in [2.75, 3.05) is 16.0 Å². The first-order valence-electron chi connectivity index (χ1n) is 12.1. The van der Waals surface area contributed by atoms with E-state index in [1.807, 2.05) is 5.32 Å². The largest absolute Gasteiger partial charge is 0.419 e. The summed E-state index contributed by atoms with van der Waals surface area (Å²) in [5, 5.41) is 6.33. The minimum absolute atomic E-state index is 0.0366. The number of hydrogen-bond donors (Lipinski definition) is 3. The summed E-state index contributed by atoms with van der Waals surface area (Å²) >= 11 is 29.8. The molecule has 1 fully saturated rings. The van der Waals surface area contributed by atoms with Crippen molar-refractivity contribution >= 4 is 92.8 Å². The van der Waals surface area contributed by atoms with Gasteiger partial charge in [-0.1, -0.05) is 40.9 Å². The van der Waals surface area contributed by atoms with Gasteiger partial charge in [-0.25, -0.2) is 13.2 Å². The summed E-state index contributed by atoms with van der Waals surface area (Å²) in [7, 11) is 0. The zero-order valence-electron chi connectivity index (χ0n) is 21.7. The Labute approximate surface area is 269 Å². The molecule has 0 heterocycles. The molecular formula is C27H16Cl5F6N3O3. The number of benzene rings is 3. The molecule has 0 spiro atoms. The lowest BCUT2D eigenvalue weighted by atomic mass is 10.0. The molecule has 1 aliphatic rings. The molecule has 17 heteroatoms. The lowest BCUT2D eigenvalue weighted by Crippen LogP contribution is -2.30. The zero-order chi connectivity index (χ0) is 32.9. The fraction of sp³-hybridized carbons (Fsp3) is 0.222. The fourth-order valence-corrected chi connectivity index (χ4v) is 5.32. The highest BCUT2D eigenvalue weighted by atomic mass is 35.5. The third-order valence-corrected chi connectivity index (χ3v) is 8.06. The van der Waals surface area contributed by atoms with Crippen LogP contribution < -0.4 is 16.0 Å². The summed E-state index contributed by atoms with van der Waals surface area (Å²) < 4.78 is 78.7. The second-order valence-electron chi connectivity index (χ2n) is 9.63. The van der Waals surface area contributed by atoms with Crippen LogP contribution in [0.1, 0.15) is 34.3 Å². The zero-order valence-corrected chi connectivity index (χ0v) is 25.4. The van der Waals surface area contributed by atoms with Crippen LogP contribution in [-0.2, 0) is 15.8 Å². The third kappa shape index (κ3) is 6.99. The van der Waals surface area contributed by atoms with Crippen molar-refractivity contribution in [1.82, 2.24) is 0 Å². The van der Waals surface area contributed by atoms with E-state index in [1.54, 1.807) is 0 Å². The Morgan fingerprint density at radius 1 is 0.864 bits per heavy atom. The first-order valence-corrected chi connectivity index (χ1v) is 14.0. The molecule has 3 aromatic carbocycles. The fourth-order valence-electron chi connectivity index (χ4n) is 4.19. The smallest absolute Gasteiger partial charge is 0.326 e. The average molecular weight is 722 g/mol. The Balaban J connectivity index is 1.53. The SMILES string of the molecule is CC(Cl)(Cl)C(=O)Nc1c(F)ccc(NC(=O)c2cc(NC(=O)[C@H]3[C@H](c4ccc(F)c(C(F)(F)F)c4)C3(Cl)Cl)ccc2Cl)c1F. The molecule has 1 aliphatic carbocycles. The van der Waals surface area contributed by atoms with Crippen LogP contribution in [-0.4, -0.2) is 26.4 Å². The van der Waals surface area contributed by atoms with E-state index >= 15 is 4.39 Å². The van der Waals surface area contributed by atoms with Gasteiger partial charge >= 0.3 is 6.18 Å². The van der Waals surface area contributed by atoms with Gasteiger partial charge in [0.25, 0.3) is 11.8 Å². The van der Waals surface area contributed by atoms with Crippen molar-refractivity contribution in [2.24, 2.45) is 5.92 Å². The lowest BCUT2D eigenvalue weighted by Gasteiger charge is -2.16. The van der Waals surface area contributed by atoms with Crippen LogP contribution in [0.3, 0.4) is 0 Å². The predicted octanol–water partition coefficient (Wildman–Crippen LogP) is 8.69. The number of amides is 3. The number of hydrogen-bond acceptors (Lipinski definition) is 3. The second kappa shape index (κ2) is 12.1. The Hall–Kier alpha value is -2.90. The average Bonchev–Trinajstić information content (AvgIpc) is 3.49. The van der Waals surface area contributed by atoms with Gasteiger partial charge in [-0.2, -0.15) is 13.2 Å². The molecule has 4 rings (SSSR count). The van der Waals surface area contributed by atoms with Gasteiger partial charge in [0, 0.05) is 11.6 Å². The number of nitrogens with one attached hydrogen (secondary N) is 3. The number of carbonyl (C=O) groups excluding carboxylic acids is 3. The van der Waals surface area contributed by atoms with Gasteiger partial charge in [0.15, 0.2) is 10.2 Å². The van der Waals surface area contributed by atoms with E-state index in [2.05, 4.69) is 10.6 Å². The van der Waals surface area contributed by atoms with E-state index < -0.39 is 78.8 Å². The maximum atomic E-state index is 15.0. The Kier molecular flexibility index (Phi) is 9.37. The number of anilines is 3. The van der Waals surface area contributed by atoms with Crippen LogP contribution in [0.5, 0.6) is 0 Å². The normalized spacial score (nSPS) is 17.5. The highest BCUT2D eigenvalue weighted by Crippen LogP contribution is 2.65. The van der Waals surface area contributed by atoms with Crippen LogP contribution >= 0.6 is 58.0 Å². The van der Waals surface area contributed by atoms with E-state index in [4.69, 9.17) is 58.0 Å². The molecule has 0 saturated heterocycles. The van der Waals surface area contributed by atoms with Crippen molar-refractivity contribution in [2.45, 2.75) is 27.7 Å². The first kappa shape index (κ1) is 34.0. The van der Waals surface area contributed by atoms with Gasteiger partial charge in [-0.3, -0.25) is 14.4 Å². The Morgan fingerprint density at radius 2 is 1.50 bits per heavy atom. The van der Waals surface area contributed by atoms with Crippen molar-refractivity contribution in [3.8, 4) is 0 Å².